The molecule has 1 aromatic heterocycles. The molecule has 0 saturated heterocycles. The third-order valence-electron chi connectivity index (χ3n) is 2.77. The quantitative estimate of drug-likeness (QED) is 0.837. The van der Waals surface area contributed by atoms with Crippen LogP contribution < -0.4 is 15.9 Å². The number of carbonyl (C=O) groups is 1. The Morgan fingerprint density at radius 3 is 2.79 bits per heavy atom. The summed E-state index contributed by atoms with van der Waals surface area (Å²) < 4.78 is 1.60. The zero-order chi connectivity index (χ0) is 13.8. The maximum atomic E-state index is 11.8. The molecule has 0 radical (unpaired) electrons. The molecule has 0 aliphatic heterocycles. The number of aryl methyl sites for hydroxylation is 1. The Bertz CT molecular complexity index is 645. The molecule has 3 N–H and O–H groups in total. The van der Waals surface area contributed by atoms with Crippen molar-refractivity contribution in [1.82, 2.24) is 4.57 Å². The van der Waals surface area contributed by atoms with Crippen LogP contribution in [0.2, 0.25) is 0 Å². The number of aromatic nitrogens is 1. The molecule has 0 bridgehead atoms. The van der Waals surface area contributed by atoms with E-state index in [2.05, 4.69) is 5.32 Å². The Hall–Kier alpha value is -2.08. The molecule has 0 fully saturated rings. The van der Waals surface area contributed by atoms with Crippen LogP contribution in [0.1, 0.15) is 12.1 Å². The van der Waals surface area contributed by atoms with Crippen molar-refractivity contribution in [3.63, 3.8) is 0 Å². The van der Waals surface area contributed by atoms with E-state index in [0.29, 0.717) is 17.9 Å². The minimum atomic E-state index is -0.157. The molecule has 5 nitrogen and oxygen atoms in total. The first kappa shape index (κ1) is 13.4. The van der Waals surface area contributed by atoms with Gasteiger partial charge in [0.15, 0.2) is 0 Å². The summed E-state index contributed by atoms with van der Waals surface area (Å²) in [6.07, 6.45) is 0.242. The minimum Gasteiger partial charge on any atom is -0.397 e. The molecule has 0 spiro atoms. The monoisotopic (exact) mass is 277 g/mol. The Morgan fingerprint density at radius 2 is 2.16 bits per heavy atom. The zero-order valence-corrected chi connectivity index (χ0v) is 11.4. The van der Waals surface area contributed by atoms with Gasteiger partial charge in [-0.3, -0.25) is 9.59 Å². The Balaban J connectivity index is 1.96. The molecular formula is C13H15N3O2S. The highest BCUT2D eigenvalue weighted by Crippen LogP contribution is 2.16. The van der Waals surface area contributed by atoms with Crippen LogP contribution in [-0.4, -0.2) is 10.5 Å². The summed E-state index contributed by atoms with van der Waals surface area (Å²) in [6.45, 7) is 2.23. The number of hydrogen-bond donors (Lipinski definition) is 2. The van der Waals surface area contributed by atoms with E-state index in [-0.39, 0.29) is 17.2 Å². The summed E-state index contributed by atoms with van der Waals surface area (Å²) >= 11 is 1.14. The van der Waals surface area contributed by atoms with Gasteiger partial charge in [-0.2, -0.15) is 0 Å². The molecule has 0 aliphatic rings. The summed E-state index contributed by atoms with van der Waals surface area (Å²) in [7, 11) is 0. The number of nitrogen functional groups attached to an aromatic ring is 1. The number of anilines is 2. The second-order valence-corrected chi connectivity index (χ2v) is 5.00. The van der Waals surface area contributed by atoms with E-state index >= 15 is 0 Å². The van der Waals surface area contributed by atoms with Gasteiger partial charge in [-0.1, -0.05) is 23.5 Å². The predicted molar refractivity (Wildman–Crippen MR) is 77.4 cm³/mol. The van der Waals surface area contributed by atoms with Gasteiger partial charge in [0.2, 0.25) is 5.91 Å². The Morgan fingerprint density at radius 1 is 1.42 bits per heavy atom. The summed E-state index contributed by atoms with van der Waals surface area (Å²) in [4.78, 5) is 23.3. The van der Waals surface area contributed by atoms with Gasteiger partial charge in [-0.05, 0) is 19.1 Å². The molecule has 1 amide bonds. The van der Waals surface area contributed by atoms with Gasteiger partial charge in [0.1, 0.15) is 0 Å². The zero-order valence-electron chi connectivity index (χ0n) is 10.6. The fourth-order valence-corrected chi connectivity index (χ4v) is 2.47. The van der Waals surface area contributed by atoms with Crippen LogP contribution in [0, 0.1) is 6.92 Å². The van der Waals surface area contributed by atoms with Gasteiger partial charge in [0, 0.05) is 24.0 Å². The topological polar surface area (TPSA) is 77.1 Å². The van der Waals surface area contributed by atoms with E-state index in [9.17, 15) is 9.59 Å². The largest absolute Gasteiger partial charge is 0.397 e. The lowest BCUT2D eigenvalue weighted by atomic mass is 10.2. The minimum absolute atomic E-state index is 0.0375. The summed E-state index contributed by atoms with van der Waals surface area (Å²) in [6, 6.07) is 7.08. The first-order valence-electron chi connectivity index (χ1n) is 5.87. The lowest BCUT2D eigenvalue weighted by Crippen LogP contribution is -2.20. The van der Waals surface area contributed by atoms with Crippen molar-refractivity contribution in [2.75, 3.05) is 11.1 Å². The first-order chi connectivity index (χ1) is 9.08. The van der Waals surface area contributed by atoms with Gasteiger partial charge in [-0.25, -0.2) is 0 Å². The highest BCUT2D eigenvalue weighted by molar-refractivity contribution is 7.07. The van der Waals surface area contributed by atoms with E-state index < -0.39 is 0 Å². The summed E-state index contributed by atoms with van der Waals surface area (Å²) in [5.74, 6) is -0.157. The Labute approximate surface area is 114 Å². The third kappa shape index (κ3) is 3.23. The molecule has 2 aromatic rings. The van der Waals surface area contributed by atoms with Crippen LogP contribution in [0.4, 0.5) is 11.4 Å². The number of amides is 1. The van der Waals surface area contributed by atoms with Gasteiger partial charge in [0.25, 0.3) is 0 Å². The highest BCUT2D eigenvalue weighted by Gasteiger charge is 2.07. The highest BCUT2D eigenvalue weighted by atomic mass is 32.1. The number of nitrogens with zero attached hydrogens (tertiary/aromatic N) is 1. The molecule has 1 heterocycles. The molecule has 19 heavy (non-hydrogen) atoms. The van der Waals surface area contributed by atoms with Crippen LogP contribution in [0.3, 0.4) is 0 Å². The number of rotatable bonds is 4. The van der Waals surface area contributed by atoms with Crippen LogP contribution in [0.5, 0.6) is 0 Å². The lowest BCUT2D eigenvalue weighted by molar-refractivity contribution is -0.116. The van der Waals surface area contributed by atoms with Crippen molar-refractivity contribution in [2.24, 2.45) is 0 Å². The normalized spacial score (nSPS) is 10.4. The van der Waals surface area contributed by atoms with Crippen LogP contribution in [0.15, 0.2) is 34.4 Å². The molecule has 0 unspecified atom stereocenters. The third-order valence-corrected chi connectivity index (χ3v) is 3.65. The predicted octanol–water partition coefficient (Wildman–Crippen LogP) is 1.83. The van der Waals surface area contributed by atoms with Crippen molar-refractivity contribution in [1.29, 1.82) is 0 Å². The molecule has 0 aliphatic carbocycles. The molecule has 0 saturated carbocycles. The van der Waals surface area contributed by atoms with Crippen molar-refractivity contribution in [3.05, 3.63) is 45.0 Å². The Kier molecular flexibility index (Phi) is 4.01. The average molecular weight is 277 g/mol. The van der Waals surface area contributed by atoms with Crippen molar-refractivity contribution in [3.8, 4) is 0 Å². The number of para-hydroxylation sites is 2. The van der Waals surface area contributed by atoms with Gasteiger partial charge in [0.05, 0.1) is 11.4 Å². The van der Waals surface area contributed by atoms with Crippen LogP contribution in [-0.2, 0) is 11.3 Å². The fourth-order valence-electron chi connectivity index (χ4n) is 1.71. The second-order valence-electron chi connectivity index (χ2n) is 4.18. The number of nitrogens with one attached hydrogen (secondary N) is 1. The van der Waals surface area contributed by atoms with Crippen LogP contribution >= 0.6 is 11.3 Å². The van der Waals surface area contributed by atoms with Crippen molar-refractivity contribution in [2.45, 2.75) is 19.9 Å². The first-order valence-corrected chi connectivity index (χ1v) is 6.75. The standard InChI is InChI=1S/C13H15N3O2S/c1-9-8-19-13(18)16(9)7-6-12(17)15-11-5-3-2-4-10(11)14/h2-5,8H,6-7,14H2,1H3,(H,15,17). The molecule has 2 rings (SSSR count). The maximum absolute atomic E-state index is 11.8. The van der Waals surface area contributed by atoms with E-state index in [0.717, 1.165) is 17.0 Å². The van der Waals surface area contributed by atoms with Gasteiger partial charge >= 0.3 is 4.87 Å². The molecular weight excluding hydrogens is 262 g/mol. The average Bonchev–Trinajstić information content (AvgIpc) is 2.70. The van der Waals surface area contributed by atoms with Crippen molar-refractivity contribution >= 4 is 28.6 Å². The molecule has 1 aromatic carbocycles. The molecule has 0 atom stereocenters. The van der Waals surface area contributed by atoms with Crippen molar-refractivity contribution < 1.29 is 4.79 Å². The van der Waals surface area contributed by atoms with E-state index in [1.165, 1.54) is 0 Å². The van der Waals surface area contributed by atoms with E-state index in [4.69, 9.17) is 5.73 Å². The number of nitrogens with two attached hydrogens (primary N) is 1. The SMILES string of the molecule is Cc1csc(=O)n1CCC(=O)Nc1ccccc1N. The van der Waals surface area contributed by atoms with Crippen LogP contribution in [0.25, 0.3) is 0 Å². The smallest absolute Gasteiger partial charge is 0.307 e. The summed E-state index contributed by atoms with van der Waals surface area (Å²) in [5, 5.41) is 4.52. The van der Waals surface area contributed by atoms with Gasteiger partial charge in [-0.15, -0.1) is 0 Å². The molecule has 6 heteroatoms. The van der Waals surface area contributed by atoms with Gasteiger partial charge < -0.3 is 15.6 Å². The number of hydrogen-bond acceptors (Lipinski definition) is 4. The number of benzene rings is 1. The number of carbonyl (C=O) groups excluding carboxylic acids is 1. The van der Waals surface area contributed by atoms with E-state index in [1.807, 2.05) is 6.92 Å². The second kappa shape index (κ2) is 5.71. The number of thiazole rings is 1. The summed E-state index contributed by atoms with van der Waals surface area (Å²) in [5.41, 5.74) is 7.74. The van der Waals surface area contributed by atoms with E-state index in [1.54, 1.807) is 34.2 Å². The maximum Gasteiger partial charge on any atom is 0.307 e. The lowest BCUT2D eigenvalue weighted by Gasteiger charge is -2.08. The molecule has 100 valence electrons. The fraction of sp³-hybridized carbons (Fsp3) is 0.231.